The second-order valence-corrected chi connectivity index (χ2v) is 5.35. The highest BCUT2D eigenvalue weighted by molar-refractivity contribution is 8.78. The van der Waals surface area contributed by atoms with Gasteiger partial charge in [-0.1, -0.05) is 39.8 Å². The maximum absolute atomic E-state index is 11.7. The van der Waals surface area contributed by atoms with Gasteiger partial charge in [0.1, 0.15) is 5.75 Å². The van der Waals surface area contributed by atoms with E-state index < -0.39 is 16.1 Å². The van der Waals surface area contributed by atoms with Gasteiger partial charge in [0.25, 0.3) is 5.70 Å². The molecule has 17 heavy (non-hydrogen) atoms. The van der Waals surface area contributed by atoms with Crippen LogP contribution in [0.2, 0.25) is 0 Å². The molecular weight excluding hydrogens is 262 g/mol. The molecule has 5 nitrogen and oxygen atoms in total. The van der Waals surface area contributed by atoms with Crippen LogP contribution in [0.15, 0.2) is 41.4 Å². The number of nitro groups is 1. The first-order chi connectivity index (χ1) is 8.18. The first-order valence-electron chi connectivity index (χ1n) is 4.62. The van der Waals surface area contributed by atoms with Crippen LogP contribution >= 0.6 is 21.6 Å². The minimum absolute atomic E-state index is 0.124. The van der Waals surface area contributed by atoms with Crippen LogP contribution < -0.4 is 4.74 Å². The van der Waals surface area contributed by atoms with Gasteiger partial charge in [0, 0.05) is 0 Å². The number of carbonyl (C=O) groups is 1. The number of esters is 1. The van der Waals surface area contributed by atoms with E-state index in [1.54, 1.807) is 30.3 Å². The monoisotopic (exact) mass is 269 g/mol. The Balaban J connectivity index is 2.07. The third-order valence-corrected chi connectivity index (χ3v) is 4.25. The van der Waals surface area contributed by atoms with E-state index in [4.69, 9.17) is 4.74 Å². The highest BCUT2D eigenvalue weighted by Crippen LogP contribution is 2.41. The van der Waals surface area contributed by atoms with Gasteiger partial charge in [-0.2, -0.15) is 0 Å². The molecule has 0 aliphatic carbocycles. The van der Waals surface area contributed by atoms with Crippen LogP contribution in [0.3, 0.4) is 0 Å². The Kier molecular flexibility index (Phi) is 3.70. The molecule has 0 bridgehead atoms. The molecule has 1 atom stereocenters. The van der Waals surface area contributed by atoms with Gasteiger partial charge in [0.15, 0.2) is 0 Å². The molecule has 7 heteroatoms. The lowest BCUT2D eigenvalue weighted by Gasteiger charge is -2.07. The van der Waals surface area contributed by atoms with Crippen LogP contribution in [0.1, 0.15) is 0 Å². The fraction of sp³-hybridized carbons (Fsp3) is 0.100. The van der Waals surface area contributed by atoms with Gasteiger partial charge < -0.3 is 4.74 Å². The lowest BCUT2D eigenvalue weighted by Crippen LogP contribution is -2.25. The third kappa shape index (κ3) is 2.80. The van der Waals surface area contributed by atoms with Crippen LogP contribution in [0, 0.1) is 10.1 Å². The Morgan fingerprint density at radius 2 is 2.06 bits per heavy atom. The third-order valence-electron chi connectivity index (χ3n) is 1.98. The van der Waals surface area contributed by atoms with E-state index in [1.807, 2.05) is 0 Å². The molecule has 0 radical (unpaired) electrons. The van der Waals surface area contributed by atoms with Gasteiger partial charge in [-0.25, -0.2) is 4.79 Å². The SMILES string of the molecule is O=C(Oc1ccccc1)C1SSC=C1[N+](=O)[O-]. The summed E-state index contributed by atoms with van der Waals surface area (Å²) in [4.78, 5) is 21.8. The summed E-state index contributed by atoms with van der Waals surface area (Å²) in [7, 11) is 2.28. The summed E-state index contributed by atoms with van der Waals surface area (Å²) >= 11 is 0. The normalized spacial score (nSPS) is 18.6. The molecule has 0 saturated heterocycles. The van der Waals surface area contributed by atoms with Crippen molar-refractivity contribution in [3.8, 4) is 5.75 Å². The zero-order valence-corrected chi connectivity index (χ0v) is 10.1. The van der Waals surface area contributed by atoms with E-state index in [0.29, 0.717) is 5.75 Å². The molecule has 2 rings (SSSR count). The van der Waals surface area contributed by atoms with E-state index in [-0.39, 0.29) is 5.70 Å². The Morgan fingerprint density at radius 3 is 2.71 bits per heavy atom. The minimum atomic E-state index is -0.866. The fourth-order valence-corrected chi connectivity index (χ4v) is 3.48. The van der Waals surface area contributed by atoms with Crippen LogP contribution in [0.5, 0.6) is 5.75 Å². The quantitative estimate of drug-likeness (QED) is 0.276. The van der Waals surface area contributed by atoms with Gasteiger partial charge in [0.05, 0.1) is 10.3 Å². The lowest BCUT2D eigenvalue weighted by atomic mass is 10.3. The predicted molar refractivity (Wildman–Crippen MR) is 66.1 cm³/mol. The van der Waals surface area contributed by atoms with Gasteiger partial charge in [0.2, 0.25) is 5.25 Å². The maximum Gasteiger partial charge on any atom is 0.336 e. The van der Waals surface area contributed by atoms with Crippen molar-refractivity contribution in [1.82, 2.24) is 0 Å². The lowest BCUT2D eigenvalue weighted by molar-refractivity contribution is -0.425. The standard InChI is InChI=1S/C10H7NO4S2/c12-10(15-7-4-2-1-3-5-7)9-8(11(13)14)6-16-17-9/h1-6,9H. The summed E-state index contributed by atoms with van der Waals surface area (Å²) in [6.07, 6.45) is 0. The van der Waals surface area contributed by atoms with Crippen molar-refractivity contribution in [2.75, 3.05) is 0 Å². The molecule has 1 aliphatic heterocycles. The molecule has 1 aromatic rings. The number of hydrogen-bond donors (Lipinski definition) is 0. The van der Waals surface area contributed by atoms with E-state index in [9.17, 15) is 14.9 Å². The molecule has 88 valence electrons. The fourth-order valence-electron chi connectivity index (χ4n) is 1.20. The van der Waals surface area contributed by atoms with Gasteiger partial charge in [-0.3, -0.25) is 10.1 Å². The Hall–Kier alpha value is -1.47. The summed E-state index contributed by atoms with van der Waals surface area (Å²) < 4.78 is 5.06. The van der Waals surface area contributed by atoms with Crippen molar-refractivity contribution in [3.05, 3.63) is 51.6 Å². The molecule has 1 heterocycles. The average molecular weight is 269 g/mol. The number of benzene rings is 1. The summed E-state index contributed by atoms with van der Waals surface area (Å²) in [5.41, 5.74) is -0.124. The molecule has 1 aromatic carbocycles. The van der Waals surface area contributed by atoms with Crippen molar-refractivity contribution in [2.45, 2.75) is 5.25 Å². The molecule has 0 amide bonds. The summed E-state index contributed by atoms with van der Waals surface area (Å²) in [6, 6.07) is 8.49. The molecule has 0 fully saturated rings. The smallest absolute Gasteiger partial charge is 0.336 e. The summed E-state index contributed by atoms with van der Waals surface area (Å²) in [5.74, 6) is -0.230. The molecule has 0 spiro atoms. The number of para-hydroxylation sites is 1. The number of rotatable bonds is 3. The highest BCUT2D eigenvalue weighted by atomic mass is 33.1. The van der Waals surface area contributed by atoms with Crippen molar-refractivity contribution in [3.63, 3.8) is 0 Å². The number of nitrogens with zero attached hydrogens (tertiary/aromatic N) is 1. The summed E-state index contributed by atoms with van der Waals surface area (Å²) in [6.45, 7) is 0. The van der Waals surface area contributed by atoms with Crippen LogP contribution in [-0.2, 0) is 4.79 Å². The van der Waals surface area contributed by atoms with Crippen LogP contribution in [0.4, 0.5) is 0 Å². The molecule has 1 unspecified atom stereocenters. The zero-order valence-electron chi connectivity index (χ0n) is 8.44. The first-order valence-corrected chi connectivity index (χ1v) is 6.89. The second kappa shape index (κ2) is 5.24. The van der Waals surface area contributed by atoms with Crippen molar-refractivity contribution in [1.29, 1.82) is 0 Å². The van der Waals surface area contributed by atoms with Crippen molar-refractivity contribution in [2.24, 2.45) is 0 Å². The Morgan fingerprint density at radius 1 is 1.35 bits per heavy atom. The number of carbonyl (C=O) groups excluding carboxylic acids is 1. The molecule has 0 aromatic heterocycles. The molecule has 1 aliphatic rings. The molecule has 0 saturated carbocycles. The second-order valence-electron chi connectivity index (χ2n) is 3.11. The van der Waals surface area contributed by atoms with E-state index in [2.05, 4.69) is 0 Å². The van der Waals surface area contributed by atoms with E-state index >= 15 is 0 Å². The topological polar surface area (TPSA) is 69.4 Å². The van der Waals surface area contributed by atoms with Gasteiger partial charge >= 0.3 is 5.97 Å². The van der Waals surface area contributed by atoms with Crippen LogP contribution in [-0.4, -0.2) is 16.1 Å². The predicted octanol–water partition coefficient (Wildman–Crippen LogP) is 2.47. The van der Waals surface area contributed by atoms with Gasteiger partial charge in [-0.15, -0.1) is 0 Å². The van der Waals surface area contributed by atoms with Gasteiger partial charge in [-0.05, 0) is 12.1 Å². The maximum atomic E-state index is 11.7. The number of hydrogen-bond acceptors (Lipinski definition) is 6. The highest BCUT2D eigenvalue weighted by Gasteiger charge is 2.38. The largest absolute Gasteiger partial charge is 0.425 e. The minimum Gasteiger partial charge on any atom is -0.425 e. The Labute approximate surface area is 105 Å². The van der Waals surface area contributed by atoms with Crippen molar-refractivity contribution < 1.29 is 14.5 Å². The van der Waals surface area contributed by atoms with E-state index in [0.717, 1.165) is 10.8 Å². The average Bonchev–Trinajstić information content (AvgIpc) is 2.79. The zero-order chi connectivity index (χ0) is 12.3. The molecular formula is C10H7NO4S2. The van der Waals surface area contributed by atoms with Crippen molar-refractivity contribution >= 4 is 27.6 Å². The molecule has 0 N–H and O–H groups in total. The Bertz CT molecular complexity index is 474. The van der Waals surface area contributed by atoms with E-state index in [1.165, 1.54) is 16.2 Å². The van der Waals surface area contributed by atoms with Crippen LogP contribution in [0.25, 0.3) is 0 Å². The number of ether oxygens (including phenoxy) is 1. The first kappa shape index (κ1) is 12.0. The summed E-state index contributed by atoms with van der Waals surface area (Å²) in [5, 5.41) is 11.2.